The Kier molecular flexibility index (Phi) is 4.60. The van der Waals surface area contributed by atoms with Gasteiger partial charge in [0.15, 0.2) is 0 Å². The molecule has 8 nitrogen and oxygen atoms in total. The minimum absolute atomic E-state index is 0.198. The Morgan fingerprint density at radius 1 is 1.32 bits per heavy atom. The summed E-state index contributed by atoms with van der Waals surface area (Å²) in [4.78, 5) is 34.3. The minimum Gasteiger partial charge on any atom is -0.338 e. The van der Waals surface area contributed by atoms with E-state index in [1.807, 2.05) is 6.92 Å². The molecular formula is C13H14ClN3O5. The van der Waals surface area contributed by atoms with E-state index >= 15 is 0 Å². The van der Waals surface area contributed by atoms with E-state index < -0.39 is 27.1 Å². The molecule has 0 radical (unpaired) electrons. The molecule has 1 fully saturated rings. The largest absolute Gasteiger partial charge is 0.338 e. The van der Waals surface area contributed by atoms with Crippen LogP contribution in [0.5, 0.6) is 0 Å². The normalized spacial score (nSPS) is 18.1. The standard InChI is InChI=1S/C13H14ClN3O5/c1-8-3-2-4-15(7-8)13(18)10-5-9(16(19)20)6-11(12(10)14)17(21)22/h5-6,8H,2-4,7H2,1H3. The van der Waals surface area contributed by atoms with Crippen LogP contribution in [0, 0.1) is 26.1 Å². The van der Waals surface area contributed by atoms with Crippen LogP contribution in [0.3, 0.4) is 0 Å². The molecule has 0 N–H and O–H groups in total. The molecule has 0 bridgehead atoms. The van der Waals surface area contributed by atoms with Gasteiger partial charge in [0.2, 0.25) is 0 Å². The monoisotopic (exact) mass is 327 g/mol. The van der Waals surface area contributed by atoms with E-state index in [-0.39, 0.29) is 10.6 Å². The van der Waals surface area contributed by atoms with Crippen LogP contribution in [0.15, 0.2) is 12.1 Å². The van der Waals surface area contributed by atoms with Gasteiger partial charge >= 0.3 is 0 Å². The molecule has 0 spiro atoms. The number of hydrogen-bond donors (Lipinski definition) is 0. The molecule has 0 aliphatic carbocycles. The van der Waals surface area contributed by atoms with Gasteiger partial charge in [-0.1, -0.05) is 18.5 Å². The highest BCUT2D eigenvalue weighted by atomic mass is 35.5. The molecule has 1 aliphatic heterocycles. The summed E-state index contributed by atoms with van der Waals surface area (Å²) in [5, 5.41) is 21.5. The van der Waals surface area contributed by atoms with E-state index in [1.165, 1.54) is 4.90 Å². The molecule has 1 aromatic rings. The fourth-order valence-electron chi connectivity index (χ4n) is 2.53. The third-order valence-corrected chi connectivity index (χ3v) is 4.02. The number of carbonyl (C=O) groups is 1. The second kappa shape index (κ2) is 6.27. The van der Waals surface area contributed by atoms with Crippen LogP contribution < -0.4 is 0 Å². The number of halogens is 1. The summed E-state index contributed by atoms with van der Waals surface area (Å²) in [5.74, 6) is -0.200. The Bertz CT molecular complexity index is 649. The summed E-state index contributed by atoms with van der Waals surface area (Å²) in [6, 6.07) is 1.76. The van der Waals surface area contributed by atoms with Gasteiger partial charge in [-0.2, -0.15) is 0 Å². The molecule has 9 heteroatoms. The summed E-state index contributed by atoms with van der Waals surface area (Å²) in [6.07, 6.45) is 1.81. The minimum atomic E-state index is -0.828. The lowest BCUT2D eigenvalue weighted by molar-refractivity contribution is -0.394. The molecule has 1 heterocycles. The van der Waals surface area contributed by atoms with Gasteiger partial charge in [0, 0.05) is 19.2 Å². The van der Waals surface area contributed by atoms with E-state index in [2.05, 4.69) is 0 Å². The van der Waals surface area contributed by atoms with Gasteiger partial charge < -0.3 is 4.90 Å². The van der Waals surface area contributed by atoms with Gasteiger partial charge in [-0.25, -0.2) is 0 Å². The summed E-state index contributed by atoms with van der Waals surface area (Å²) in [6.45, 7) is 3.01. The Morgan fingerprint density at radius 3 is 2.55 bits per heavy atom. The number of non-ortho nitro benzene ring substituents is 1. The average molecular weight is 328 g/mol. The highest BCUT2D eigenvalue weighted by molar-refractivity contribution is 6.36. The molecule has 1 atom stereocenters. The van der Waals surface area contributed by atoms with Gasteiger partial charge in [-0.3, -0.25) is 25.0 Å². The number of benzene rings is 1. The van der Waals surface area contributed by atoms with Crippen LogP contribution in [0.4, 0.5) is 11.4 Å². The molecular weight excluding hydrogens is 314 g/mol. The van der Waals surface area contributed by atoms with Gasteiger partial charge in [0.05, 0.1) is 21.5 Å². The Balaban J connectivity index is 2.46. The topological polar surface area (TPSA) is 107 Å². The van der Waals surface area contributed by atoms with Crippen LogP contribution in [0.2, 0.25) is 5.02 Å². The summed E-state index contributed by atoms with van der Waals surface area (Å²) in [7, 11) is 0. The van der Waals surface area contributed by atoms with Crippen molar-refractivity contribution in [1.82, 2.24) is 4.90 Å². The SMILES string of the molecule is CC1CCCN(C(=O)c2cc([N+](=O)[O-])cc([N+](=O)[O-])c2Cl)C1. The van der Waals surface area contributed by atoms with Crippen molar-refractivity contribution in [2.75, 3.05) is 13.1 Å². The molecule has 1 saturated heterocycles. The first-order valence-electron chi connectivity index (χ1n) is 6.73. The van der Waals surface area contributed by atoms with Crippen LogP contribution >= 0.6 is 11.6 Å². The molecule has 1 aliphatic rings. The van der Waals surface area contributed by atoms with Crippen LogP contribution in [-0.4, -0.2) is 33.7 Å². The van der Waals surface area contributed by atoms with Crippen LogP contribution in [-0.2, 0) is 0 Å². The van der Waals surface area contributed by atoms with Gasteiger partial charge in [0.1, 0.15) is 5.02 Å². The molecule has 22 heavy (non-hydrogen) atoms. The van der Waals surface area contributed by atoms with Crippen molar-refractivity contribution >= 4 is 28.9 Å². The van der Waals surface area contributed by atoms with E-state index in [0.717, 1.165) is 25.0 Å². The Labute approximate surface area is 131 Å². The zero-order chi connectivity index (χ0) is 16.4. The number of nitro groups is 2. The lowest BCUT2D eigenvalue weighted by Gasteiger charge is -2.31. The number of rotatable bonds is 3. The van der Waals surface area contributed by atoms with Crippen molar-refractivity contribution in [2.45, 2.75) is 19.8 Å². The predicted octanol–water partition coefficient (Wildman–Crippen LogP) is 3.03. The second-order valence-corrected chi connectivity index (χ2v) is 5.72. The third-order valence-electron chi connectivity index (χ3n) is 3.62. The van der Waals surface area contributed by atoms with Crippen molar-refractivity contribution in [3.63, 3.8) is 0 Å². The fraction of sp³-hybridized carbons (Fsp3) is 0.462. The molecule has 118 valence electrons. The molecule has 2 rings (SSSR count). The number of hydrogen-bond acceptors (Lipinski definition) is 5. The van der Waals surface area contributed by atoms with Crippen molar-refractivity contribution < 1.29 is 14.6 Å². The molecule has 0 aromatic heterocycles. The smallest absolute Gasteiger partial charge is 0.295 e. The van der Waals surface area contributed by atoms with Crippen molar-refractivity contribution in [1.29, 1.82) is 0 Å². The number of likely N-dealkylation sites (tertiary alicyclic amines) is 1. The molecule has 1 unspecified atom stereocenters. The summed E-state index contributed by atoms with van der Waals surface area (Å²) in [5.41, 5.74) is -1.36. The Morgan fingerprint density at radius 2 is 2.00 bits per heavy atom. The third kappa shape index (κ3) is 3.16. The van der Waals surface area contributed by atoms with Crippen molar-refractivity contribution in [2.24, 2.45) is 5.92 Å². The number of nitro benzene ring substituents is 2. The quantitative estimate of drug-likeness (QED) is 0.626. The van der Waals surface area contributed by atoms with Crippen LogP contribution in [0.1, 0.15) is 30.1 Å². The highest BCUT2D eigenvalue weighted by Crippen LogP contribution is 2.34. The van der Waals surface area contributed by atoms with Crippen molar-refractivity contribution in [3.8, 4) is 0 Å². The first-order chi connectivity index (χ1) is 10.3. The molecule has 1 amide bonds. The number of amides is 1. The predicted molar refractivity (Wildman–Crippen MR) is 79.1 cm³/mol. The van der Waals surface area contributed by atoms with Crippen molar-refractivity contribution in [3.05, 3.63) is 42.9 Å². The van der Waals surface area contributed by atoms with Gasteiger partial charge in [0.25, 0.3) is 17.3 Å². The Hall–Kier alpha value is -2.22. The number of nitrogens with zero attached hydrogens (tertiary/aromatic N) is 3. The lowest BCUT2D eigenvalue weighted by Crippen LogP contribution is -2.39. The molecule has 1 aromatic carbocycles. The average Bonchev–Trinajstić information content (AvgIpc) is 2.46. The highest BCUT2D eigenvalue weighted by Gasteiger charge is 2.30. The van der Waals surface area contributed by atoms with E-state index in [9.17, 15) is 25.0 Å². The van der Waals surface area contributed by atoms with Gasteiger partial charge in [-0.15, -0.1) is 0 Å². The second-order valence-electron chi connectivity index (χ2n) is 5.34. The first kappa shape index (κ1) is 16.2. The van der Waals surface area contributed by atoms with E-state index in [1.54, 1.807) is 0 Å². The lowest BCUT2D eigenvalue weighted by atomic mass is 9.99. The summed E-state index contributed by atoms with van der Waals surface area (Å²) < 4.78 is 0. The van der Waals surface area contributed by atoms with E-state index in [4.69, 9.17) is 11.6 Å². The van der Waals surface area contributed by atoms with Crippen LogP contribution in [0.25, 0.3) is 0 Å². The molecule has 0 saturated carbocycles. The van der Waals surface area contributed by atoms with E-state index in [0.29, 0.717) is 19.0 Å². The maximum absolute atomic E-state index is 12.5. The maximum atomic E-state index is 12.5. The maximum Gasteiger partial charge on any atom is 0.295 e. The summed E-state index contributed by atoms with van der Waals surface area (Å²) >= 11 is 5.92. The van der Waals surface area contributed by atoms with Gasteiger partial charge in [-0.05, 0) is 18.8 Å². The fourth-order valence-corrected chi connectivity index (χ4v) is 2.79. The zero-order valence-electron chi connectivity index (χ0n) is 11.8. The number of carbonyl (C=O) groups excluding carboxylic acids is 1. The number of piperidine rings is 1. The zero-order valence-corrected chi connectivity index (χ0v) is 12.6. The first-order valence-corrected chi connectivity index (χ1v) is 7.10.